The molecule has 0 fully saturated rings. The predicted octanol–water partition coefficient (Wildman–Crippen LogP) is 4.58. The van der Waals surface area contributed by atoms with Crippen molar-refractivity contribution in [2.24, 2.45) is 0 Å². The molecule has 0 saturated carbocycles. The fourth-order valence-corrected chi connectivity index (χ4v) is 4.49. The zero-order valence-electron chi connectivity index (χ0n) is 11.3. The maximum atomic E-state index is 9.49. The van der Waals surface area contributed by atoms with Gasteiger partial charge in [-0.3, -0.25) is 0 Å². The quantitative estimate of drug-likeness (QED) is 0.619. The summed E-state index contributed by atoms with van der Waals surface area (Å²) in [4.78, 5) is 3.57. The molecule has 0 saturated heterocycles. The molecule has 0 bridgehead atoms. The van der Waals surface area contributed by atoms with Crippen LogP contribution in [-0.2, 0) is 0 Å². The molecule has 0 amide bonds. The van der Waals surface area contributed by atoms with Crippen LogP contribution in [0.5, 0.6) is 11.5 Å². The van der Waals surface area contributed by atoms with Gasteiger partial charge >= 0.3 is 0 Å². The van der Waals surface area contributed by atoms with Crippen LogP contribution in [-0.4, -0.2) is 10.2 Å². The van der Waals surface area contributed by atoms with Crippen LogP contribution >= 0.6 is 10.9 Å². The van der Waals surface area contributed by atoms with Crippen LogP contribution in [0.2, 0.25) is 0 Å². The van der Waals surface area contributed by atoms with Crippen LogP contribution in [0.3, 0.4) is 0 Å². The van der Waals surface area contributed by atoms with Crippen molar-refractivity contribution in [3.05, 3.63) is 78.9 Å². The highest BCUT2D eigenvalue weighted by Gasteiger charge is 2.12. The monoisotopic (exact) mass is 296 g/mol. The molecule has 0 radical (unpaired) electrons. The van der Waals surface area contributed by atoms with Crippen molar-refractivity contribution < 1.29 is 10.2 Å². The molecule has 0 aromatic heterocycles. The van der Waals surface area contributed by atoms with Crippen molar-refractivity contribution in [3.8, 4) is 11.5 Å². The van der Waals surface area contributed by atoms with E-state index in [1.54, 1.807) is 24.3 Å². The Morgan fingerprint density at radius 1 is 0.476 bits per heavy atom. The van der Waals surface area contributed by atoms with Crippen LogP contribution < -0.4 is 0 Å². The lowest BCUT2D eigenvalue weighted by Gasteiger charge is -2.23. The molecule has 2 N–H and O–H groups in total. The summed E-state index contributed by atoms with van der Waals surface area (Å²) in [5.74, 6) is 0.542. The van der Waals surface area contributed by atoms with E-state index in [1.807, 2.05) is 42.5 Å². The van der Waals surface area contributed by atoms with E-state index >= 15 is 0 Å². The Morgan fingerprint density at radius 2 is 0.857 bits per heavy atom. The summed E-state index contributed by atoms with van der Waals surface area (Å²) in [6, 6.07) is 25.0. The molecule has 3 aromatic carbocycles. The molecule has 0 atom stereocenters. The van der Waals surface area contributed by atoms with Gasteiger partial charge in [-0.15, -0.1) is 0 Å². The molecule has 0 heterocycles. The minimum absolute atomic E-state index is 0.271. The van der Waals surface area contributed by atoms with Gasteiger partial charge in [-0.1, -0.05) is 18.2 Å². The molecule has 0 spiro atoms. The van der Waals surface area contributed by atoms with Crippen molar-refractivity contribution in [2.45, 2.75) is 14.7 Å². The third kappa shape index (κ3) is 3.03. The molecule has 3 heteroatoms. The summed E-state index contributed by atoms with van der Waals surface area (Å²) in [5.41, 5.74) is 0. The molecule has 0 aliphatic carbocycles. The first kappa shape index (κ1) is 13.6. The SMILES string of the molecule is Oc1ccc([SH](c2ccccc2)c2ccc(O)cc2)cc1. The average molecular weight is 296 g/mol. The Hall–Kier alpha value is -2.39. The van der Waals surface area contributed by atoms with Crippen molar-refractivity contribution in [2.75, 3.05) is 0 Å². The van der Waals surface area contributed by atoms with E-state index in [0.717, 1.165) is 0 Å². The first-order chi connectivity index (χ1) is 10.2. The molecule has 3 rings (SSSR count). The fourth-order valence-electron chi connectivity index (χ4n) is 2.23. The average Bonchev–Trinajstić information content (AvgIpc) is 2.52. The standard InChI is InChI=1S/C18H16O2S/c19-14-6-10-17(11-7-14)21(16-4-2-1-3-5-16)18-12-8-15(20)9-13-18/h1-13,19-21H. The summed E-state index contributed by atoms with van der Waals surface area (Å²) < 4.78 is 0. The van der Waals surface area contributed by atoms with E-state index in [0.29, 0.717) is 0 Å². The molecule has 21 heavy (non-hydrogen) atoms. The van der Waals surface area contributed by atoms with Gasteiger partial charge in [-0.2, -0.15) is 10.9 Å². The van der Waals surface area contributed by atoms with Gasteiger partial charge in [-0.05, 0) is 75.4 Å². The third-order valence-electron chi connectivity index (χ3n) is 3.23. The molecule has 2 nitrogen and oxygen atoms in total. The zero-order valence-corrected chi connectivity index (χ0v) is 12.2. The van der Waals surface area contributed by atoms with Crippen molar-refractivity contribution in [1.29, 1.82) is 0 Å². The Morgan fingerprint density at radius 3 is 1.29 bits per heavy atom. The van der Waals surface area contributed by atoms with E-state index in [-0.39, 0.29) is 11.5 Å². The Balaban J connectivity index is 2.11. The van der Waals surface area contributed by atoms with E-state index in [2.05, 4.69) is 12.1 Å². The Kier molecular flexibility index (Phi) is 3.84. The smallest absolute Gasteiger partial charge is 0.115 e. The summed E-state index contributed by atoms with van der Waals surface area (Å²) in [6.45, 7) is 0. The predicted molar refractivity (Wildman–Crippen MR) is 86.4 cm³/mol. The van der Waals surface area contributed by atoms with Crippen molar-refractivity contribution in [3.63, 3.8) is 0 Å². The van der Waals surface area contributed by atoms with Gasteiger partial charge in [0.25, 0.3) is 0 Å². The van der Waals surface area contributed by atoms with E-state index in [1.165, 1.54) is 14.7 Å². The lowest BCUT2D eigenvalue weighted by atomic mass is 10.3. The first-order valence-electron chi connectivity index (χ1n) is 6.67. The van der Waals surface area contributed by atoms with Crippen LogP contribution in [0, 0.1) is 0 Å². The van der Waals surface area contributed by atoms with Gasteiger partial charge in [0, 0.05) is 0 Å². The first-order valence-corrected chi connectivity index (χ1v) is 8.01. The highest BCUT2D eigenvalue weighted by Crippen LogP contribution is 2.51. The number of phenolic OH excluding ortho intramolecular Hbond substituents is 2. The van der Waals surface area contributed by atoms with Gasteiger partial charge in [-0.25, -0.2) is 0 Å². The van der Waals surface area contributed by atoms with Crippen LogP contribution in [0.4, 0.5) is 0 Å². The van der Waals surface area contributed by atoms with Crippen molar-refractivity contribution >= 4 is 10.9 Å². The number of thiol groups is 1. The van der Waals surface area contributed by atoms with Gasteiger partial charge in [0.1, 0.15) is 11.5 Å². The summed E-state index contributed by atoms with van der Waals surface area (Å²) >= 11 is 0. The maximum Gasteiger partial charge on any atom is 0.115 e. The third-order valence-corrected chi connectivity index (χ3v) is 5.67. The maximum absolute atomic E-state index is 9.49. The largest absolute Gasteiger partial charge is 0.508 e. The molecule has 3 aromatic rings. The zero-order chi connectivity index (χ0) is 14.7. The molecule has 0 aliphatic heterocycles. The summed E-state index contributed by atoms with van der Waals surface area (Å²) in [5, 5.41) is 19.0. The highest BCUT2D eigenvalue weighted by molar-refractivity contribution is 8.17. The normalized spacial score (nSPS) is 11.1. The van der Waals surface area contributed by atoms with E-state index in [4.69, 9.17) is 0 Å². The van der Waals surface area contributed by atoms with Crippen LogP contribution in [0.15, 0.2) is 93.5 Å². The molecular formula is C18H16O2S. The van der Waals surface area contributed by atoms with Gasteiger partial charge in [0.15, 0.2) is 0 Å². The molecule has 0 unspecified atom stereocenters. The molecular weight excluding hydrogens is 280 g/mol. The second-order valence-electron chi connectivity index (χ2n) is 4.70. The van der Waals surface area contributed by atoms with E-state index < -0.39 is 10.9 Å². The Labute approximate surface area is 126 Å². The number of phenols is 2. The minimum atomic E-state index is -0.693. The summed E-state index contributed by atoms with van der Waals surface area (Å²) in [6.07, 6.45) is 0. The fraction of sp³-hybridized carbons (Fsp3) is 0. The lowest BCUT2D eigenvalue weighted by Crippen LogP contribution is -1.87. The number of hydrogen-bond donors (Lipinski definition) is 3. The number of aromatic hydroxyl groups is 2. The van der Waals surface area contributed by atoms with Gasteiger partial charge in [0.2, 0.25) is 0 Å². The molecule has 106 valence electrons. The number of benzene rings is 3. The van der Waals surface area contributed by atoms with Crippen LogP contribution in [0.25, 0.3) is 0 Å². The van der Waals surface area contributed by atoms with Gasteiger partial charge in [0.05, 0.1) is 0 Å². The lowest BCUT2D eigenvalue weighted by molar-refractivity contribution is 0.474. The topological polar surface area (TPSA) is 40.5 Å². The number of hydrogen-bond acceptors (Lipinski definition) is 2. The highest BCUT2D eigenvalue weighted by atomic mass is 32.2. The second-order valence-corrected chi connectivity index (χ2v) is 6.92. The Bertz CT molecular complexity index is 661. The molecule has 0 aliphatic rings. The second kappa shape index (κ2) is 5.94. The van der Waals surface area contributed by atoms with Gasteiger partial charge < -0.3 is 10.2 Å². The summed E-state index contributed by atoms with van der Waals surface area (Å²) in [7, 11) is -0.693. The van der Waals surface area contributed by atoms with E-state index in [9.17, 15) is 10.2 Å². The van der Waals surface area contributed by atoms with Crippen LogP contribution in [0.1, 0.15) is 0 Å². The minimum Gasteiger partial charge on any atom is -0.508 e. The van der Waals surface area contributed by atoms with Crippen molar-refractivity contribution in [1.82, 2.24) is 0 Å². The number of rotatable bonds is 3.